The third-order valence-electron chi connectivity index (χ3n) is 3.06. The molecule has 0 aliphatic carbocycles. The van der Waals surface area contributed by atoms with Crippen LogP contribution in [0, 0.1) is 0 Å². The predicted molar refractivity (Wildman–Crippen MR) is 90.2 cm³/mol. The van der Waals surface area contributed by atoms with Crippen LogP contribution >= 0.6 is 24.0 Å². The molecule has 6 nitrogen and oxygen atoms in total. The van der Waals surface area contributed by atoms with Crippen LogP contribution in [0.15, 0.2) is 17.2 Å². The number of hydrogen-bond donors (Lipinski definition) is 0. The summed E-state index contributed by atoms with van der Waals surface area (Å²) in [7, 11) is 4.63. The lowest BCUT2D eigenvalue weighted by Crippen LogP contribution is -2.24. The molecule has 22 heavy (non-hydrogen) atoms. The van der Waals surface area contributed by atoms with Gasteiger partial charge in [0.15, 0.2) is 15.8 Å². The molecule has 0 bridgehead atoms. The highest BCUT2D eigenvalue weighted by atomic mass is 32.2. The zero-order valence-corrected chi connectivity index (χ0v) is 14.3. The van der Waals surface area contributed by atoms with Crippen LogP contribution < -0.4 is 14.2 Å². The monoisotopic (exact) mass is 340 g/mol. The van der Waals surface area contributed by atoms with Crippen LogP contribution in [0.4, 0.5) is 0 Å². The Balaban J connectivity index is 2.43. The van der Waals surface area contributed by atoms with E-state index in [9.17, 15) is 4.79 Å². The molecule has 0 N–H and O–H groups in total. The van der Waals surface area contributed by atoms with Crippen molar-refractivity contribution in [2.75, 3.05) is 27.1 Å². The maximum atomic E-state index is 11.7. The van der Waals surface area contributed by atoms with Gasteiger partial charge in [-0.15, -0.1) is 0 Å². The largest absolute Gasteiger partial charge is 0.493 e. The number of amides is 1. The van der Waals surface area contributed by atoms with Crippen LogP contribution in [0.5, 0.6) is 17.2 Å². The van der Waals surface area contributed by atoms with Crippen molar-refractivity contribution in [3.8, 4) is 17.2 Å². The summed E-state index contributed by atoms with van der Waals surface area (Å²) in [5, 5.41) is 5.55. The van der Waals surface area contributed by atoms with Gasteiger partial charge in [-0.25, -0.2) is 0 Å². The van der Waals surface area contributed by atoms with Gasteiger partial charge in [0.25, 0.3) is 5.91 Å². The van der Waals surface area contributed by atoms with Crippen LogP contribution in [0.3, 0.4) is 0 Å². The minimum atomic E-state index is -0.123. The van der Waals surface area contributed by atoms with Crippen molar-refractivity contribution in [2.24, 2.45) is 5.10 Å². The number of hydrogen-bond acceptors (Lipinski definition) is 7. The van der Waals surface area contributed by atoms with Gasteiger partial charge in [0.05, 0.1) is 32.8 Å². The standard InChI is InChI=1S/C14H16N2O4S2/c1-8(15-16-12(17)7-22-14(16)21)9-5-10(18-2)13(20-4)11(6-9)19-3/h5-6H,7H2,1-4H3/b15-8+. The highest BCUT2D eigenvalue weighted by Crippen LogP contribution is 2.38. The van der Waals surface area contributed by atoms with E-state index in [4.69, 9.17) is 26.4 Å². The van der Waals surface area contributed by atoms with E-state index in [1.807, 2.05) is 0 Å². The van der Waals surface area contributed by atoms with E-state index in [2.05, 4.69) is 5.10 Å². The Kier molecular flexibility index (Phi) is 5.25. The van der Waals surface area contributed by atoms with E-state index in [1.54, 1.807) is 40.4 Å². The lowest BCUT2D eigenvalue weighted by atomic mass is 10.1. The summed E-state index contributed by atoms with van der Waals surface area (Å²) >= 11 is 6.42. The molecule has 1 aromatic rings. The van der Waals surface area contributed by atoms with E-state index >= 15 is 0 Å². The molecular formula is C14H16N2O4S2. The van der Waals surface area contributed by atoms with E-state index in [-0.39, 0.29) is 5.91 Å². The Bertz CT molecular complexity index is 605. The molecule has 118 valence electrons. The topological polar surface area (TPSA) is 60.4 Å². The van der Waals surface area contributed by atoms with Gasteiger partial charge in [-0.2, -0.15) is 10.1 Å². The maximum Gasteiger partial charge on any atom is 0.259 e. The van der Waals surface area contributed by atoms with Gasteiger partial charge in [0, 0.05) is 5.56 Å². The fourth-order valence-corrected chi connectivity index (χ4v) is 2.90. The maximum absolute atomic E-state index is 11.7. The molecule has 0 aromatic heterocycles. The van der Waals surface area contributed by atoms with Crippen molar-refractivity contribution < 1.29 is 19.0 Å². The van der Waals surface area contributed by atoms with E-state index in [0.717, 1.165) is 5.56 Å². The van der Waals surface area contributed by atoms with Crippen molar-refractivity contribution in [1.29, 1.82) is 0 Å². The Morgan fingerprint density at radius 2 is 1.82 bits per heavy atom. The summed E-state index contributed by atoms with van der Waals surface area (Å²) in [6.07, 6.45) is 0. The Labute approximate surface area is 138 Å². The van der Waals surface area contributed by atoms with Crippen LogP contribution in [0.2, 0.25) is 0 Å². The van der Waals surface area contributed by atoms with Crippen molar-refractivity contribution in [2.45, 2.75) is 6.92 Å². The number of methoxy groups -OCH3 is 3. The summed E-state index contributed by atoms with van der Waals surface area (Å²) in [6, 6.07) is 3.55. The summed E-state index contributed by atoms with van der Waals surface area (Å²) in [4.78, 5) is 11.7. The first kappa shape index (κ1) is 16.6. The first-order valence-corrected chi connectivity index (χ1v) is 7.76. The fourth-order valence-electron chi connectivity index (χ4n) is 1.94. The second-order valence-corrected chi connectivity index (χ2v) is 5.97. The Morgan fingerprint density at radius 3 is 2.23 bits per heavy atom. The van der Waals surface area contributed by atoms with Gasteiger partial charge in [0.2, 0.25) is 5.75 Å². The molecule has 1 aliphatic rings. The van der Waals surface area contributed by atoms with Gasteiger partial charge in [-0.1, -0.05) is 24.0 Å². The zero-order chi connectivity index (χ0) is 16.3. The third-order valence-corrected chi connectivity index (χ3v) is 4.40. The van der Waals surface area contributed by atoms with Crippen LogP contribution in [-0.4, -0.2) is 48.0 Å². The quantitative estimate of drug-likeness (QED) is 0.605. The second-order valence-electron chi connectivity index (χ2n) is 4.36. The number of carbonyl (C=O) groups excluding carboxylic acids is 1. The number of carbonyl (C=O) groups is 1. The SMILES string of the molecule is COc1cc(/C(C)=N/N2C(=O)CSC2=S)cc(OC)c1OC. The molecule has 1 aromatic carbocycles. The fraction of sp³-hybridized carbons (Fsp3) is 0.357. The number of thioether (sulfide) groups is 1. The van der Waals surface area contributed by atoms with Gasteiger partial charge in [-0.3, -0.25) is 4.79 Å². The second kappa shape index (κ2) is 6.97. The van der Waals surface area contributed by atoms with E-state index in [0.29, 0.717) is 33.0 Å². The van der Waals surface area contributed by atoms with Crippen molar-refractivity contribution >= 4 is 39.9 Å². The van der Waals surface area contributed by atoms with Gasteiger partial charge in [-0.05, 0) is 19.1 Å². The van der Waals surface area contributed by atoms with Crippen molar-refractivity contribution in [3.05, 3.63) is 17.7 Å². The van der Waals surface area contributed by atoms with Crippen LogP contribution in [0.25, 0.3) is 0 Å². The summed E-state index contributed by atoms with van der Waals surface area (Å²) in [5.41, 5.74) is 1.37. The van der Waals surface area contributed by atoms with Gasteiger partial charge < -0.3 is 14.2 Å². The summed E-state index contributed by atoms with van der Waals surface area (Å²) in [5.74, 6) is 1.75. The number of hydrazone groups is 1. The van der Waals surface area contributed by atoms with E-state index in [1.165, 1.54) is 16.8 Å². The minimum Gasteiger partial charge on any atom is -0.493 e. The van der Waals surface area contributed by atoms with E-state index < -0.39 is 0 Å². The first-order chi connectivity index (χ1) is 10.5. The summed E-state index contributed by atoms with van der Waals surface area (Å²) in [6.45, 7) is 1.79. The number of rotatable bonds is 5. The zero-order valence-electron chi connectivity index (χ0n) is 12.7. The number of benzene rings is 1. The average Bonchev–Trinajstić information content (AvgIpc) is 2.85. The number of thiocarbonyl (C=S) groups is 1. The average molecular weight is 340 g/mol. The molecule has 8 heteroatoms. The van der Waals surface area contributed by atoms with Crippen LogP contribution in [0.1, 0.15) is 12.5 Å². The first-order valence-electron chi connectivity index (χ1n) is 6.37. The lowest BCUT2D eigenvalue weighted by Gasteiger charge is -2.15. The molecule has 1 aliphatic heterocycles. The molecule has 0 radical (unpaired) electrons. The highest BCUT2D eigenvalue weighted by molar-refractivity contribution is 8.23. The Morgan fingerprint density at radius 1 is 1.23 bits per heavy atom. The molecule has 0 atom stereocenters. The van der Waals surface area contributed by atoms with Gasteiger partial charge in [0.1, 0.15) is 0 Å². The summed E-state index contributed by atoms with van der Waals surface area (Å²) < 4.78 is 16.4. The van der Waals surface area contributed by atoms with Gasteiger partial charge >= 0.3 is 0 Å². The van der Waals surface area contributed by atoms with Crippen molar-refractivity contribution in [3.63, 3.8) is 0 Å². The molecule has 1 saturated heterocycles. The Hall–Kier alpha value is -1.80. The number of nitrogens with zero attached hydrogens (tertiary/aromatic N) is 2. The van der Waals surface area contributed by atoms with Crippen LogP contribution in [-0.2, 0) is 4.79 Å². The van der Waals surface area contributed by atoms with Crippen molar-refractivity contribution in [1.82, 2.24) is 5.01 Å². The number of ether oxygens (including phenoxy) is 3. The smallest absolute Gasteiger partial charge is 0.259 e. The molecular weight excluding hydrogens is 324 g/mol. The lowest BCUT2D eigenvalue weighted by molar-refractivity contribution is -0.124. The molecule has 1 fully saturated rings. The highest BCUT2D eigenvalue weighted by Gasteiger charge is 2.27. The normalized spacial score (nSPS) is 15.3. The molecule has 1 heterocycles. The molecule has 0 spiro atoms. The molecule has 2 rings (SSSR count). The molecule has 0 saturated carbocycles. The molecule has 1 amide bonds. The third kappa shape index (κ3) is 3.17. The minimum absolute atomic E-state index is 0.123. The molecule has 0 unspecified atom stereocenters. The predicted octanol–water partition coefficient (Wildman–Crippen LogP) is 2.30.